The number of rotatable bonds is 3. The lowest BCUT2D eigenvalue weighted by molar-refractivity contribution is -0.122. The van der Waals surface area contributed by atoms with Gasteiger partial charge in [0.15, 0.2) is 0 Å². The summed E-state index contributed by atoms with van der Waals surface area (Å²) in [7, 11) is 0. The average molecular weight is 359 g/mol. The molecule has 0 aliphatic carbocycles. The van der Waals surface area contributed by atoms with Crippen molar-refractivity contribution in [3.05, 3.63) is 59.1 Å². The Bertz CT molecular complexity index is 686. The van der Waals surface area contributed by atoms with Gasteiger partial charge in [0.25, 0.3) is 0 Å². The Labute approximate surface area is 137 Å². The molecule has 0 radical (unpaired) electrons. The second-order valence-electron chi connectivity index (χ2n) is 5.24. The van der Waals surface area contributed by atoms with Crippen molar-refractivity contribution in [3.63, 3.8) is 0 Å². The smallest absolute Gasteiger partial charge is 0.229 e. The van der Waals surface area contributed by atoms with Crippen LogP contribution in [0.4, 0.5) is 11.4 Å². The molecule has 1 heterocycles. The number of nitrogens with one attached hydrogen (secondary N) is 1. The Morgan fingerprint density at radius 1 is 1.09 bits per heavy atom. The molecule has 1 fully saturated rings. The van der Waals surface area contributed by atoms with Crippen LogP contribution in [0.3, 0.4) is 0 Å². The molecule has 5 heteroatoms. The summed E-state index contributed by atoms with van der Waals surface area (Å²) in [4.78, 5) is 26.1. The third-order valence-electron chi connectivity index (χ3n) is 3.68. The van der Waals surface area contributed by atoms with E-state index < -0.39 is 0 Å². The molecule has 3 rings (SSSR count). The average Bonchev–Trinajstić information content (AvgIpc) is 2.92. The van der Waals surface area contributed by atoms with E-state index in [2.05, 4.69) is 21.2 Å². The molecule has 0 unspecified atom stereocenters. The van der Waals surface area contributed by atoms with Crippen molar-refractivity contribution >= 4 is 39.1 Å². The zero-order valence-electron chi connectivity index (χ0n) is 11.8. The van der Waals surface area contributed by atoms with Gasteiger partial charge in [-0.2, -0.15) is 0 Å². The lowest BCUT2D eigenvalue weighted by Gasteiger charge is -2.16. The molecule has 1 N–H and O–H groups in total. The molecule has 0 aromatic heterocycles. The van der Waals surface area contributed by atoms with Crippen LogP contribution in [0.2, 0.25) is 0 Å². The number of nitrogens with zero attached hydrogens (tertiary/aromatic N) is 1. The van der Waals surface area contributed by atoms with Crippen molar-refractivity contribution in [1.29, 1.82) is 0 Å². The van der Waals surface area contributed by atoms with Gasteiger partial charge in [-0.15, -0.1) is 0 Å². The van der Waals surface area contributed by atoms with Gasteiger partial charge in [-0.25, -0.2) is 0 Å². The standard InChI is InChI=1S/C17H15BrN2O2/c18-13-6-8-14(9-7-13)19-17(22)12-10-16(21)20(11-12)15-4-2-1-3-5-15/h1-9,12H,10-11H2,(H,19,22)/t12-/m0/s1. The predicted octanol–water partition coefficient (Wildman–Crippen LogP) is 3.44. The summed E-state index contributed by atoms with van der Waals surface area (Å²) in [5.74, 6) is -0.451. The second-order valence-corrected chi connectivity index (χ2v) is 6.15. The summed E-state index contributed by atoms with van der Waals surface area (Å²) < 4.78 is 0.955. The van der Waals surface area contributed by atoms with Gasteiger partial charge in [-0.3, -0.25) is 9.59 Å². The van der Waals surface area contributed by atoms with E-state index in [1.807, 2.05) is 54.6 Å². The minimum Gasteiger partial charge on any atom is -0.326 e. The van der Waals surface area contributed by atoms with Gasteiger partial charge in [0.2, 0.25) is 11.8 Å². The topological polar surface area (TPSA) is 49.4 Å². The first-order valence-electron chi connectivity index (χ1n) is 7.05. The van der Waals surface area contributed by atoms with Gasteiger partial charge in [0, 0.05) is 28.8 Å². The number of hydrogen-bond acceptors (Lipinski definition) is 2. The molecule has 0 spiro atoms. The van der Waals surface area contributed by atoms with Gasteiger partial charge in [-0.05, 0) is 36.4 Å². The Morgan fingerprint density at radius 3 is 2.45 bits per heavy atom. The molecule has 2 amide bonds. The zero-order chi connectivity index (χ0) is 15.5. The van der Waals surface area contributed by atoms with Crippen molar-refractivity contribution in [2.75, 3.05) is 16.8 Å². The third-order valence-corrected chi connectivity index (χ3v) is 4.20. The van der Waals surface area contributed by atoms with E-state index in [9.17, 15) is 9.59 Å². The lowest BCUT2D eigenvalue weighted by atomic mass is 10.1. The second kappa shape index (κ2) is 6.32. The van der Waals surface area contributed by atoms with Gasteiger partial charge < -0.3 is 10.2 Å². The highest BCUT2D eigenvalue weighted by molar-refractivity contribution is 9.10. The van der Waals surface area contributed by atoms with Crippen LogP contribution in [-0.4, -0.2) is 18.4 Å². The molecule has 0 saturated carbocycles. The maximum absolute atomic E-state index is 12.3. The minimum absolute atomic E-state index is 0.0119. The van der Waals surface area contributed by atoms with Gasteiger partial charge in [0.05, 0.1) is 5.92 Å². The molecule has 2 aromatic rings. The van der Waals surface area contributed by atoms with Crippen LogP contribution in [0.25, 0.3) is 0 Å². The summed E-state index contributed by atoms with van der Waals surface area (Å²) in [6, 6.07) is 16.8. The quantitative estimate of drug-likeness (QED) is 0.913. The number of para-hydroxylation sites is 1. The number of anilines is 2. The number of hydrogen-bond donors (Lipinski definition) is 1. The molecule has 1 aliphatic rings. The van der Waals surface area contributed by atoms with Crippen LogP contribution >= 0.6 is 15.9 Å². The summed E-state index contributed by atoms with van der Waals surface area (Å²) in [5, 5.41) is 2.86. The fourth-order valence-corrected chi connectivity index (χ4v) is 2.78. The van der Waals surface area contributed by atoms with Crippen molar-refractivity contribution < 1.29 is 9.59 Å². The number of halogens is 1. The molecule has 4 nitrogen and oxygen atoms in total. The highest BCUT2D eigenvalue weighted by Crippen LogP contribution is 2.26. The minimum atomic E-state index is -0.323. The molecule has 0 bridgehead atoms. The monoisotopic (exact) mass is 358 g/mol. The SMILES string of the molecule is O=C(Nc1ccc(Br)cc1)[C@H]1CC(=O)N(c2ccccc2)C1. The van der Waals surface area contributed by atoms with E-state index in [0.717, 1.165) is 15.8 Å². The van der Waals surface area contributed by atoms with Gasteiger partial charge >= 0.3 is 0 Å². The highest BCUT2D eigenvalue weighted by Gasteiger charge is 2.35. The maximum Gasteiger partial charge on any atom is 0.229 e. The number of amides is 2. The van der Waals surface area contributed by atoms with Crippen LogP contribution in [0, 0.1) is 5.92 Å². The molecule has 1 aliphatic heterocycles. The first kappa shape index (κ1) is 14.8. The van der Waals surface area contributed by atoms with Gasteiger partial charge in [0.1, 0.15) is 0 Å². The van der Waals surface area contributed by atoms with Crippen LogP contribution in [0.5, 0.6) is 0 Å². The van der Waals surface area contributed by atoms with E-state index in [1.165, 1.54) is 0 Å². The first-order chi connectivity index (χ1) is 10.6. The summed E-state index contributed by atoms with van der Waals surface area (Å²) in [6.07, 6.45) is 0.247. The Morgan fingerprint density at radius 2 is 1.77 bits per heavy atom. The fourth-order valence-electron chi connectivity index (χ4n) is 2.52. The van der Waals surface area contributed by atoms with Crippen molar-refractivity contribution in [3.8, 4) is 0 Å². The van der Waals surface area contributed by atoms with Gasteiger partial charge in [-0.1, -0.05) is 34.1 Å². The molecule has 112 valence electrons. The van der Waals surface area contributed by atoms with E-state index in [4.69, 9.17) is 0 Å². The summed E-state index contributed by atoms with van der Waals surface area (Å²) >= 11 is 3.36. The summed E-state index contributed by atoms with van der Waals surface area (Å²) in [6.45, 7) is 0.422. The Hall–Kier alpha value is -2.14. The third kappa shape index (κ3) is 3.20. The van der Waals surface area contributed by atoms with Crippen molar-refractivity contribution in [1.82, 2.24) is 0 Å². The molecular formula is C17H15BrN2O2. The van der Waals surface area contributed by atoms with E-state index >= 15 is 0 Å². The summed E-state index contributed by atoms with van der Waals surface area (Å²) in [5.41, 5.74) is 1.57. The first-order valence-corrected chi connectivity index (χ1v) is 7.84. The maximum atomic E-state index is 12.3. The molecular weight excluding hydrogens is 344 g/mol. The largest absolute Gasteiger partial charge is 0.326 e. The van der Waals surface area contributed by atoms with Crippen LogP contribution in [0.1, 0.15) is 6.42 Å². The van der Waals surface area contributed by atoms with E-state index in [1.54, 1.807) is 4.90 Å². The number of benzene rings is 2. The molecule has 2 aromatic carbocycles. The number of carbonyl (C=O) groups excluding carboxylic acids is 2. The predicted molar refractivity (Wildman–Crippen MR) is 89.7 cm³/mol. The van der Waals surface area contributed by atoms with Crippen LogP contribution < -0.4 is 10.2 Å². The Balaban J connectivity index is 1.67. The lowest BCUT2D eigenvalue weighted by Crippen LogP contribution is -2.28. The molecule has 1 atom stereocenters. The highest BCUT2D eigenvalue weighted by atomic mass is 79.9. The fraction of sp³-hybridized carbons (Fsp3) is 0.176. The van der Waals surface area contributed by atoms with Crippen molar-refractivity contribution in [2.45, 2.75) is 6.42 Å². The number of carbonyl (C=O) groups is 2. The van der Waals surface area contributed by atoms with Crippen LogP contribution in [-0.2, 0) is 9.59 Å². The Kier molecular flexibility index (Phi) is 4.24. The van der Waals surface area contributed by atoms with Crippen molar-refractivity contribution in [2.24, 2.45) is 5.92 Å². The van der Waals surface area contributed by atoms with E-state index in [-0.39, 0.29) is 24.2 Å². The molecule has 22 heavy (non-hydrogen) atoms. The van der Waals surface area contributed by atoms with E-state index in [0.29, 0.717) is 6.54 Å². The molecule has 1 saturated heterocycles. The van der Waals surface area contributed by atoms with Crippen LogP contribution in [0.15, 0.2) is 59.1 Å². The zero-order valence-corrected chi connectivity index (χ0v) is 13.4. The normalized spacial score (nSPS) is 17.6.